The summed E-state index contributed by atoms with van der Waals surface area (Å²) >= 11 is 6.04. The van der Waals surface area contributed by atoms with Gasteiger partial charge in [-0.3, -0.25) is 14.7 Å². The number of fused-ring (bicyclic) bond motifs is 2. The van der Waals surface area contributed by atoms with Crippen molar-refractivity contribution in [2.24, 2.45) is 0 Å². The fourth-order valence-electron chi connectivity index (χ4n) is 3.49. The molecule has 2 heterocycles. The van der Waals surface area contributed by atoms with Gasteiger partial charge in [-0.1, -0.05) is 17.7 Å². The lowest BCUT2D eigenvalue weighted by atomic mass is 10.1. The number of aromatic nitrogens is 2. The molecule has 0 spiro atoms. The lowest BCUT2D eigenvalue weighted by molar-refractivity contribution is 0.198. The Balaban J connectivity index is 1.69. The van der Waals surface area contributed by atoms with Gasteiger partial charge in [-0.15, -0.1) is 0 Å². The van der Waals surface area contributed by atoms with Crippen LogP contribution in [0.4, 0.5) is 0 Å². The van der Waals surface area contributed by atoms with Crippen molar-refractivity contribution in [3.05, 3.63) is 66.4 Å². The highest BCUT2D eigenvalue weighted by atomic mass is 35.5. The first kappa shape index (κ1) is 12.9. The quantitative estimate of drug-likeness (QED) is 0.843. The van der Waals surface area contributed by atoms with Crippen LogP contribution in [0.1, 0.15) is 34.8 Å². The fourth-order valence-corrected chi connectivity index (χ4v) is 3.68. The van der Waals surface area contributed by atoms with Crippen LogP contribution >= 0.6 is 11.6 Å². The molecule has 2 N–H and O–H groups in total. The third-order valence-corrected chi connectivity index (χ3v) is 4.68. The number of hydrogen-bond acceptors (Lipinski definition) is 3. The molecule has 5 nitrogen and oxygen atoms in total. The molecule has 0 bridgehead atoms. The van der Waals surface area contributed by atoms with Crippen LogP contribution in [0.25, 0.3) is 0 Å². The molecule has 1 aliphatic heterocycles. The predicted molar refractivity (Wildman–Crippen MR) is 79.4 cm³/mol. The zero-order chi connectivity index (χ0) is 14.6. The van der Waals surface area contributed by atoms with Crippen molar-refractivity contribution in [2.45, 2.75) is 32.0 Å². The van der Waals surface area contributed by atoms with E-state index in [4.69, 9.17) is 11.6 Å². The maximum Gasteiger partial charge on any atom is 0.325 e. The summed E-state index contributed by atoms with van der Waals surface area (Å²) in [5, 5.41) is 0.764. The van der Waals surface area contributed by atoms with Crippen molar-refractivity contribution in [2.75, 3.05) is 0 Å². The highest BCUT2D eigenvalue weighted by Gasteiger charge is 2.33. The summed E-state index contributed by atoms with van der Waals surface area (Å²) < 4.78 is 0. The Morgan fingerprint density at radius 3 is 2.90 bits per heavy atom. The Hall–Kier alpha value is -1.85. The molecule has 0 saturated carbocycles. The first-order valence-electron chi connectivity index (χ1n) is 6.98. The molecule has 1 aromatic carbocycles. The number of benzene rings is 1. The Bertz CT molecular complexity index is 840. The first-order chi connectivity index (χ1) is 10.1. The Kier molecular flexibility index (Phi) is 2.80. The minimum Gasteiger partial charge on any atom is -0.310 e. The monoisotopic (exact) mass is 303 g/mol. The van der Waals surface area contributed by atoms with Crippen LogP contribution in [0.2, 0.25) is 5.02 Å². The topological polar surface area (TPSA) is 69.0 Å². The number of H-pyrrole nitrogens is 2. The molecule has 1 unspecified atom stereocenters. The van der Waals surface area contributed by atoms with Crippen LogP contribution in [0.3, 0.4) is 0 Å². The van der Waals surface area contributed by atoms with E-state index in [1.165, 1.54) is 11.1 Å². The molecule has 1 atom stereocenters. The molecule has 0 amide bonds. The van der Waals surface area contributed by atoms with E-state index in [-0.39, 0.29) is 11.6 Å². The zero-order valence-electron chi connectivity index (χ0n) is 11.3. The van der Waals surface area contributed by atoms with E-state index in [9.17, 15) is 9.59 Å². The van der Waals surface area contributed by atoms with Crippen molar-refractivity contribution < 1.29 is 0 Å². The molecule has 6 heteroatoms. The highest BCUT2D eigenvalue weighted by molar-refractivity contribution is 6.30. The van der Waals surface area contributed by atoms with Crippen LogP contribution in [0.15, 0.2) is 27.8 Å². The Morgan fingerprint density at radius 1 is 1.19 bits per heavy atom. The first-order valence-corrected chi connectivity index (χ1v) is 7.36. The Labute approximate surface area is 125 Å². The molecular formula is C15H14ClN3O2. The van der Waals surface area contributed by atoms with Crippen LogP contribution in [-0.2, 0) is 19.5 Å². The summed E-state index contributed by atoms with van der Waals surface area (Å²) in [4.78, 5) is 30.5. The average molecular weight is 304 g/mol. The van der Waals surface area contributed by atoms with Gasteiger partial charge < -0.3 is 4.98 Å². The van der Waals surface area contributed by atoms with Crippen LogP contribution in [0.5, 0.6) is 0 Å². The minimum absolute atomic E-state index is 0.273. The molecule has 1 aromatic heterocycles. The summed E-state index contributed by atoms with van der Waals surface area (Å²) in [7, 11) is 0. The molecule has 4 rings (SSSR count). The second kappa shape index (κ2) is 4.58. The number of aromatic amines is 2. The molecule has 1 aliphatic carbocycles. The molecule has 108 valence electrons. The summed E-state index contributed by atoms with van der Waals surface area (Å²) in [6, 6.07) is 6.30. The Morgan fingerprint density at radius 2 is 2.05 bits per heavy atom. The lowest BCUT2D eigenvalue weighted by Gasteiger charge is -2.24. The third-order valence-electron chi connectivity index (χ3n) is 4.44. The van der Waals surface area contributed by atoms with Crippen molar-refractivity contribution >= 4 is 11.6 Å². The van der Waals surface area contributed by atoms with E-state index in [1.807, 2.05) is 12.1 Å². The SMILES string of the molecule is O=c1[nH]c2c(c(=O)[nH]1)CN(C1CCc3cc(Cl)ccc31)C2. The summed E-state index contributed by atoms with van der Waals surface area (Å²) in [6.07, 6.45) is 2.02. The van der Waals surface area contributed by atoms with Gasteiger partial charge in [-0.05, 0) is 36.1 Å². The number of halogens is 1. The fraction of sp³-hybridized carbons (Fsp3) is 0.333. The largest absolute Gasteiger partial charge is 0.325 e. The third kappa shape index (κ3) is 2.04. The number of hydrogen-bond donors (Lipinski definition) is 2. The smallest absolute Gasteiger partial charge is 0.310 e. The number of nitrogens with zero attached hydrogens (tertiary/aromatic N) is 1. The maximum atomic E-state index is 11.9. The molecule has 0 radical (unpaired) electrons. The van der Waals surface area contributed by atoms with Gasteiger partial charge in [0.05, 0.1) is 5.56 Å². The van der Waals surface area contributed by atoms with Crippen molar-refractivity contribution in [1.29, 1.82) is 0 Å². The molecule has 21 heavy (non-hydrogen) atoms. The maximum absolute atomic E-state index is 11.9. The van der Waals surface area contributed by atoms with Gasteiger partial charge in [0, 0.05) is 29.8 Å². The molecule has 0 fully saturated rings. The molecule has 2 aromatic rings. The van der Waals surface area contributed by atoms with E-state index in [2.05, 4.69) is 20.9 Å². The van der Waals surface area contributed by atoms with E-state index in [0.29, 0.717) is 18.7 Å². The van der Waals surface area contributed by atoms with Crippen LogP contribution < -0.4 is 11.2 Å². The standard InChI is InChI=1S/C15H14ClN3O2/c16-9-2-3-10-8(5-9)1-4-13(10)19-6-11-12(7-19)17-15(21)18-14(11)20/h2-3,5,13H,1,4,6-7H2,(H2,17,18,20,21). The van der Waals surface area contributed by atoms with Gasteiger partial charge in [-0.25, -0.2) is 4.79 Å². The molecule has 0 saturated heterocycles. The number of rotatable bonds is 1. The van der Waals surface area contributed by atoms with Gasteiger partial charge in [-0.2, -0.15) is 0 Å². The summed E-state index contributed by atoms with van der Waals surface area (Å²) in [5.41, 5.74) is 3.28. The molecular weight excluding hydrogens is 290 g/mol. The summed E-state index contributed by atoms with van der Waals surface area (Å²) in [6.45, 7) is 1.19. The van der Waals surface area contributed by atoms with E-state index < -0.39 is 5.69 Å². The predicted octanol–water partition coefficient (Wildman–Crippen LogP) is 1.72. The van der Waals surface area contributed by atoms with Gasteiger partial charge >= 0.3 is 5.69 Å². The van der Waals surface area contributed by atoms with Crippen LogP contribution in [-0.4, -0.2) is 14.9 Å². The van der Waals surface area contributed by atoms with Crippen LogP contribution in [0, 0.1) is 0 Å². The molecule has 2 aliphatic rings. The number of nitrogens with one attached hydrogen (secondary N) is 2. The van der Waals surface area contributed by atoms with Crippen molar-refractivity contribution in [3.63, 3.8) is 0 Å². The van der Waals surface area contributed by atoms with Crippen molar-refractivity contribution in [1.82, 2.24) is 14.9 Å². The van der Waals surface area contributed by atoms with Gasteiger partial charge in [0.25, 0.3) is 5.56 Å². The van der Waals surface area contributed by atoms with Gasteiger partial charge in [0.2, 0.25) is 0 Å². The van der Waals surface area contributed by atoms with E-state index in [1.54, 1.807) is 0 Å². The van der Waals surface area contributed by atoms with Gasteiger partial charge in [0.15, 0.2) is 0 Å². The number of aryl methyl sites for hydroxylation is 1. The minimum atomic E-state index is -0.431. The van der Waals surface area contributed by atoms with Gasteiger partial charge in [0.1, 0.15) is 0 Å². The normalized spacial score (nSPS) is 20.5. The summed E-state index contributed by atoms with van der Waals surface area (Å²) in [5.74, 6) is 0. The zero-order valence-corrected chi connectivity index (χ0v) is 12.0. The van der Waals surface area contributed by atoms with E-state index in [0.717, 1.165) is 23.6 Å². The lowest BCUT2D eigenvalue weighted by Crippen LogP contribution is -2.26. The average Bonchev–Trinajstić information content (AvgIpc) is 3.01. The second-order valence-corrected chi connectivity index (χ2v) is 6.10. The highest BCUT2D eigenvalue weighted by Crippen LogP contribution is 2.39. The van der Waals surface area contributed by atoms with Crippen molar-refractivity contribution in [3.8, 4) is 0 Å². The second-order valence-electron chi connectivity index (χ2n) is 5.67. The van der Waals surface area contributed by atoms with E-state index >= 15 is 0 Å².